The van der Waals surface area contributed by atoms with Gasteiger partial charge in [0.15, 0.2) is 0 Å². The van der Waals surface area contributed by atoms with E-state index in [1.807, 2.05) is 12.1 Å². The molecule has 4 saturated carbocycles. The molecule has 0 unspecified atom stereocenters. The minimum Gasteiger partial charge on any atom is -0.0843 e. The first kappa shape index (κ1) is 17.9. The van der Waals surface area contributed by atoms with Crippen molar-refractivity contribution >= 4 is 23.2 Å². The lowest BCUT2D eigenvalue weighted by Gasteiger charge is -2.61. The van der Waals surface area contributed by atoms with Crippen molar-refractivity contribution in [1.29, 1.82) is 0 Å². The monoisotopic (exact) mass is 430 g/mol. The van der Waals surface area contributed by atoms with Gasteiger partial charge in [0.1, 0.15) is 0 Å². The molecule has 8 rings (SSSR count). The second-order valence-corrected chi connectivity index (χ2v) is 10.9. The lowest BCUT2D eigenvalue weighted by Crippen LogP contribution is -2.55. The van der Waals surface area contributed by atoms with Crippen LogP contribution in [0.3, 0.4) is 0 Å². The van der Waals surface area contributed by atoms with Crippen LogP contribution in [0.5, 0.6) is 0 Å². The average molecular weight is 431 g/mol. The second kappa shape index (κ2) is 6.15. The average Bonchev–Trinajstić information content (AvgIpc) is 3.04. The van der Waals surface area contributed by atoms with Crippen LogP contribution in [-0.2, 0) is 5.41 Å². The Balaban J connectivity index is 1.55. The van der Waals surface area contributed by atoms with Gasteiger partial charge in [-0.1, -0.05) is 65.7 Å². The molecule has 4 fully saturated rings. The summed E-state index contributed by atoms with van der Waals surface area (Å²) in [6, 6.07) is 21.9. The quantitative estimate of drug-likeness (QED) is 0.363. The predicted octanol–water partition coefficient (Wildman–Crippen LogP) is 8.38. The number of fused-ring (bicyclic) bond motifs is 3. The highest BCUT2D eigenvalue weighted by atomic mass is 35.5. The molecule has 0 aliphatic heterocycles. The number of halogens is 2. The summed E-state index contributed by atoms with van der Waals surface area (Å²) in [5.41, 5.74) is 8.42. The predicted molar refractivity (Wildman–Crippen MR) is 125 cm³/mol. The Bertz CT molecular complexity index is 1150. The lowest BCUT2D eigenvalue weighted by atomic mass is 9.43. The molecule has 2 heteroatoms. The van der Waals surface area contributed by atoms with Crippen molar-refractivity contribution in [3.63, 3.8) is 0 Å². The molecule has 0 N–H and O–H groups in total. The minimum atomic E-state index is 0.158. The third-order valence-electron chi connectivity index (χ3n) is 8.80. The zero-order chi connectivity index (χ0) is 20.0. The van der Waals surface area contributed by atoms with Gasteiger partial charge in [0, 0.05) is 21.0 Å². The van der Waals surface area contributed by atoms with Gasteiger partial charge in [-0.2, -0.15) is 0 Å². The number of benzene rings is 3. The minimum absolute atomic E-state index is 0.158. The van der Waals surface area contributed by atoms with Crippen molar-refractivity contribution in [2.75, 3.05) is 0 Å². The number of rotatable bonds is 1. The van der Waals surface area contributed by atoms with E-state index in [2.05, 4.69) is 48.5 Å². The maximum absolute atomic E-state index is 6.96. The zero-order valence-corrected chi connectivity index (χ0v) is 18.4. The second-order valence-electron chi connectivity index (χ2n) is 10.1. The lowest BCUT2D eigenvalue weighted by molar-refractivity contribution is -0.0399. The highest BCUT2D eigenvalue weighted by Gasteiger charge is 2.61. The molecule has 150 valence electrons. The van der Waals surface area contributed by atoms with Crippen LogP contribution in [0.25, 0.3) is 22.3 Å². The van der Waals surface area contributed by atoms with Gasteiger partial charge in [-0.05, 0) is 102 Å². The van der Waals surface area contributed by atoms with Crippen LogP contribution in [0.1, 0.15) is 43.2 Å². The first-order chi connectivity index (χ1) is 14.7. The fourth-order valence-corrected chi connectivity index (χ4v) is 8.51. The summed E-state index contributed by atoms with van der Waals surface area (Å²) in [4.78, 5) is 0. The van der Waals surface area contributed by atoms with Crippen molar-refractivity contribution in [2.45, 2.75) is 37.5 Å². The molecule has 0 nitrogen and oxygen atoms in total. The Morgan fingerprint density at radius 2 is 1.23 bits per heavy atom. The van der Waals surface area contributed by atoms with E-state index < -0.39 is 0 Å². The van der Waals surface area contributed by atoms with E-state index >= 15 is 0 Å². The van der Waals surface area contributed by atoms with Crippen LogP contribution in [0.2, 0.25) is 10.0 Å². The van der Waals surface area contributed by atoms with Gasteiger partial charge in [-0.25, -0.2) is 0 Å². The van der Waals surface area contributed by atoms with Gasteiger partial charge in [0.2, 0.25) is 0 Å². The van der Waals surface area contributed by atoms with Crippen LogP contribution in [0.4, 0.5) is 0 Å². The largest absolute Gasteiger partial charge is 0.0843 e. The van der Waals surface area contributed by atoms with Crippen LogP contribution >= 0.6 is 23.2 Å². The standard InChI is InChI=1S/C28H24Cl2/c29-21-9-7-18(8-10-21)22-3-1-4-23-26(22)27-24(5-2-6-25(27)30)28(23)19-12-16-11-17(14-19)15-20(28)13-16/h1-10,16-17,19-20H,11-15H2. The van der Waals surface area contributed by atoms with Crippen molar-refractivity contribution in [3.05, 3.63) is 81.8 Å². The van der Waals surface area contributed by atoms with Gasteiger partial charge in [0.05, 0.1) is 0 Å². The van der Waals surface area contributed by atoms with E-state index in [4.69, 9.17) is 23.2 Å². The zero-order valence-electron chi connectivity index (χ0n) is 16.9. The number of hydrogen-bond acceptors (Lipinski definition) is 0. The fraction of sp³-hybridized carbons (Fsp3) is 0.357. The topological polar surface area (TPSA) is 0 Å². The smallest absolute Gasteiger partial charge is 0.0487 e. The van der Waals surface area contributed by atoms with Crippen LogP contribution in [-0.4, -0.2) is 0 Å². The van der Waals surface area contributed by atoms with Gasteiger partial charge >= 0.3 is 0 Å². The van der Waals surface area contributed by atoms with Crippen molar-refractivity contribution < 1.29 is 0 Å². The summed E-state index contributed by atoms with van der Waals surface area (Å²) in [5, 5.41) is 1.68. The normalized spacial score (nSPS) is 32.5. The van der Waals surface area contributed by atoms with E-state index in [0.717, 1.165) is 33.7 Å². The third-order valence-corrected chi connectivity index (χ3v) is 9.37. The SMILES string of the molecule is Clc1ccc(-c2cccc3c2-c2c(Cl)cccc2C32C3CC4CC(C3)CC2C4)cc1. The Morgan fingerprint density at radius 3 is 1.90 bits per heavy atom. The molecule has 0 amide bonds. The maximum Gasteiger partial charge on any atom is 0.0487 e. The third kappa shape index (κ3) is 2.15. The summed E-state index contributed by atoms with van der Waals surface area (Å²) < 4.78 is 0. The molecule has 4 bridgehead atoms. The van der Waals surface area contributed by atoms with E-state index in [0.29, 0.717) is 0 Å². The van der Waals surface area contributed by atoms with Gasteiger partial charge < -0.3 is 0 Å². The van der Waals surface area contributed by atoms with Crippen LogP contribution in [0, 0.1) is 23.7 Å². The van der Waals surface area contributed by atoms with Crippen LogP contribution < -0.4 is 0 Å². The summed E-state index contributed by atoms with van der Waals surface area (Å²) >= 11 is 13.2. The molecule has 0 radical (unpaired) electrons. The molecule has 0 aromatic heterocycles. The molecule has 0 atom stereocenters. The molecule has 5 aliphatic carbocycles. The molecule has 1 spiro atoms. The van der Waals surface area contributed by atoms with E-state index in [1.54, 1.807) is 5.56 Å². The Kier molecular flexibility index (Phi) is 3.66. The molecule has 30 heavy (non-hydrogen) atoms. The van der Waals surface area contributed by atoms with Gasteiger partial charge in [-0.15, -0.1) is 0 Å². The number of hydrogen-bond donors (Lipinski definition) is 0. The van der Waals surface area contributed by atoms with E-state index in [1.165, 1.54) is 59.9 Å². The molecule has 5 aliphatic rings. The highest BCUT2D eigenvalue weighted by molar-refractivity contribution is 6.34. The Labute approximate surface area is 188 Å². The van der Waals surface area contributed by atoms with Gasteiger partial charge in [-0.3, -0.25) is 0 Å². The molecule has 0 heterocycles. The molecule has 0 saturated heterocycles. The Hall–Kier alpha value is -1.76. The summed E-state index contributed by atoms with van der Waals surface area (Å²) in [7, 11) is 0. The molecule has 3 aromatic carbocycles. The Morgan fingerprint density at radius 1 is 0.633 bits per heavy atom. The summed E-state index contributed by atoms with van der Waals surface area (Å²) in [5.74, 6) is 3.41. The van der Waals surface area contributed by atoms with E-state index in [-0.39, 0.29) is 5.41 Å². The highest BCUT2D eigenvalue weighted by Crippen LogP contribution is 2.70. The van der Waals surface area contributed by atoms with E-state index in [9.17, 15) is 0 Å². The molecular weight excluding hydrogens is 407 g/mol. The van der Waals surface area contributed by atoms with Crippen molar-refractivity contribution in [1.82, 2.24) is 0 Å². The molecule has 3 aromatic rings. The molecular formula is C28H24Cl2. The first-order valence-electron chi connectivity index (χ1n) is 11.3. The van der Waals surface area contributed by atoms with Crippen LogP contribution in [0.15, 0.2) is 60.7 Å². The van der Waals surface area contributed by atoms with Crippen molar-refractivity contribution in [3.8, 4) is 22.3 Å². The van der Waals surface area contributed by atoms with Crippen molar-refractivity contribution in [2.24, 2.45) is 23.7 Å². The van der Waals surface area contributed by atoms with Gasteiger partial charge in [0.25, 0.3) is 0 Å². The maximum atomic E-state index is 6.96. The summed E-state index contributed by atoms with van der Waals surface area (Å²) in [6.45, 7) is 0. The first-order valence-corrected chi connectivity index (χ1v) is 12.1. The fourth-order valence-electron chi connectivity index (χ4n) is 8.11. The summed E-state index contributed by atoms with van der Waals surface area (Å²) in [6.07, 6.45) is 7.05.